The van der Waals surface area contributed by atoms with Crippen LogP contribution < -0.4 is 19.5 Å². The molecule has 0 saturated carbocycles. The fourth-order valence-corrected chi connectivity index (χ4v) is 2.59. The molecule has 2 heterocycles. The standard InChI is InChI=1S/C19H20N4O4/c1-25-14-11-16(27-3)15(26-2)10-13(14)7-8-19(24)20-12-18-22-21-17-6-4-5-9-23(17)18/h4-11H,12H2,1-3H3,(H,20,24)/b8-7+. The first-order valence-corrected chi connectivity index (χ1v) is 8.21. The number of hydrogen-bond acceptors (Lipinski definition) is 6. The number of hydrogen-bond donors (Lipinski definition) is 1. The highest BCUT2D eigenvalue weighted by atomic mass is 16.5. The summed E-state index contributed by atoms with van der Waals surface area (Å²) in [6.45, 7) is 0.261. The van der Waals surface area contributed by atoms with Gasteiger partial charge in [0.1, 0.15) is 5.75 Å². The van der Waals surface area contributed by atoms with E-state index >= 15 is 0 Å². The number of carbonyl (C=O) groups is 1. The minimum Gasteiger partial charge on any atom is -0.496 e. The minimum absolute atomic E-state index is 0.261. The minimum atomic E-state index is -0.264. The van der Waals surface area contributed by atoms with Crippen LogP contribution in [0.25, 0.3) is 11.7 Å². The Labute approximate surface area is 156 Å². The molecule has 3 aromatic rings. The molecule has 1 aromatic carbocycles. The molecule has 0 aliphatic heterocycles. The van der Waals surface area contributed by atoms with Gasteiger partial charge in [-0.05, 0) is 24.3 Å². The molecule has 0 atom stereocenters. The zero-order valence-corrected chi connectivity index (χ0v) is 15.3. The Kier molecular flexibility index (Phi) is 5.55. The van der Waals surface area contributed by atoms with Crippen molar-refractivity contribution in [3.05, 3.63) is 54.0 Å². The second-order valence-corrected chi connectivity index (χ2v) is 5.55. The third kappa shape index (κ3) is 4.00. The summed E-state index contributed by atoms with van der Waals surface area (Å²) in [6.07, 6.45) is 4.92. The summed E-state index contributed by atoms with van der Waals surface area (Å²) < 4.78 is 17.7. The van der Waals surface area contributed by atoms with Gasteiger partial charge in [0.15, 0.2) is 23.0 Å². The topological polar surface area (TPSA) is 87.0 Å². The van der Waals surface area contributed by atoms with E-state index in [0.29, 0.717) is 28.6 Å². The van der Waals surface area contributed by atoms with Crippen molar-refractivity contribution in [3.8, 4) is 17.2 Å². The number of pyridine rings is 1. The number of carbonyl (C=O) groups excluding carboxylic acids is 1. The third-order valence-electron chi connectivity index (χ3n) is 3.96. The highest BCUT2D eigenvalue weighted by Crippen LogP contribution is 2.35. The van der Waals surface area contributed by atoms with E-state index in [-0.39, 0.29) is 12.5 Å². The van der Waals surface area contributed by atoms with Gasteiger partial charge in [0, 0.05) is 23.9 Å². The Morgan fingerprint density at radius 3 is 2.56 bits per heavy atom. The van der Waals surface area contributed by atoms with E-state index < -0.39 is 0 Å². The van der Waals surface area contributed by atoms with E-state index in [1.807, 2.05) is 28.8 Å². The average Bonchev–Trinajstić information content (AvgIpc) is 3.13. The van der Waals surface area contributed by atoms with Crippen LogP contribution in [0.15, 0.2) is 42.6 Å². The maximum Gasteiger partial charge on any atom is 0.244 e. The van der Waals surface area contributed by atoms with Gasteiger partial charge in [-0.2, -0.15) is 0 Å². The lowest BCUT2D eigenvalue weighted by Crippen LogP contribution is -2.21. The molecule has 1 amide bonds. The van der Waals surface area contributed by atoms with Gasteiger partial charge in [0.25, 0.3) is 0 Å². The fourth-order valence-electron chi connectivity index (χ4n) is 2.59. The van der Waals surface area contributed by atoms with Gasteiger partial charge in [-0.15, -0.1) is 10.2 Å². The van der Waals surface area contributed by atoms with Crippen LogP contribution in [0, 0.1) is 0 Å². The van der Waals surface area contributed by atoms with E-state index in [1.165, 1.54) is 6.08 Å². The lowest BCUT2D eigenvalue weighted by Gasteiger charge is -2.12. The molecule has 0 unspecified atom stereocenters. The molecule has 27 heavy (non-hydrogen) atoms. The first kappa shape index (κ1) is 18.2. The summed E-state index contributed by atoms with van der Waals surface area (Å²) in [5, 5.41) is 10.9. The van der Waals surface area contributed by atoms with Gasteiger partial charge >= 0.3 is 0 Å². The van der Waals surface area contributed by atoms with Crippen molar-refractivity contribution < 1.29 is 19.0 Å². The molecule has 1 N–H and O–H groups in total. The SMILES string of the molecule is COc1cc(OC)c(OC)cc1/C=C/C(=O)NCc1nnc2ccccn12. The van der Waals surface area contributed by atoms with Gasteiger partial charge in [-0.1, -0.05) is 6.07 Å². The second kappa shape index (κ2) is 8.22. The lowest BCUT2D eigenvalue weighted by molar-refractivity contribution is -0.116. The quantitative estimate of drug-likeness (QED) is 0.643. The number of ether oxygens (including phenoxy) is 3. The number of rotatable bonds is 7. The molecule has 0 saturated heterocycles. The highest BCUT2D eigenvalue weighted by molar-refractivity contribution is 5.92. The van der Waals surface area contributed by atoms with Crippen molar-refractivity contribution in [1.82, 2.24) is 19.9 Å². The zero-order valence-electron chi connectivity index (χ0n) is 15.3. The van der Waals surface area contributed by atoms with Crippen LogP contribution in [0.3, 0.4) is 0 Å². The van der Waals surface area contributed by atoms with Crippen LogP contribution in [0.5, 0.6) is 17.2 Å². The number of amides is 1. The second-order valence-electron chi connectivity index (χ2n) is 5.55. The lowest BCUT2D eigenvalue weighted by atomic mass is 10.1. The molecule has 0 aliphatic rings. The van der Waals surface area contributed by atoms with E-state index in [4.69, 9.17) is 14.2 Å². The molecule has 0 fully saturated rings. The maximum absolute atomic E-state index is 12.2. The van der Waals surface area contributed by atoms with Crippen molar-refractivity contribution in [2.75, 3.05) is 21.3 Å². The van der Waals surface area contributed by atoms with Gasteiger partial charge in [0.2, 0.25) is 5.91 Å². The Bertz CT molecular complexity index is 981. The van der Waals surface area contributed by atoms with E-state index in [9.17, 15) is 4.79 Å². The summed E-state index contributed by atoms with van der Waals surface area (Å²) >= 11 is 0. The molecular weight excluding hydrogens is 348 g/mol. The Hall–Kier alpha value is -3.55. The third-order valence-corrected chi connectivity index (χ3v) is 3.96. The molecule has 140 valence electrons. The Balaban J connectivity index is 1.71. The first-order valence-electron chi connectivity index (χ1n) is 8.21. The number of fused-ring (bicyclic) bond motifs is 1. The van der Waals surface area contributed by atoms with Crippen molar-refractivity contribution in [2.45, 2.75) is 6.54 Å². The van der Waals surface area contributed by atoms with Gasteiger partial charge in [-0.3, -0.25) is 9.20 Å². The predicted octanol–water partition coefficient (Wildman–Crippen LogP) is 2.08. The van der Waals surface area contributed by atoms with Crippen molar-refractivity contribution in [1.29, 1.82) is 0 Å². The molecule has 0 aliphatic carbocycles. The van der Waals surface area contributed by atoms with E-state index in [0.717, 1.165) is 5.65 Å². The number of nitrogens with zero attached hydrogens (tertiary/aromatic N) is 3. The largest absolute Gasteiger partial charge is 0.496 e. The highest BCUT2D eigenvalue weighted by Gasteiger charge is 2.10. The van der Waals surface area contributed by atoms with Crippen LogP contribution in [-0.2, 0) is 11.3 Å². The summed E-state index contributed by atoms with van der Waals surface area (Å²) in [4.78, 5) is 12.2. The predicted molar refractivity (Wildman–Crippen MR) is 100.0 cm³/mol. The summed E-state index contributed by atoms with van der Waals surface area (Å²) in [6, 6.07) is 9.06. The monoisotopic (exact) mass is 368 g/mol. The maximum atomic E-state index is 12.2. The zero-order chi connectivity index (χ0) is 19.2. The van der Waals surface area contributed by atoms with Crippen LogP contribution in [-0.4, -0.2) is 41.8 Å². The molecule has 0 spiro atoms. The van der Waals surface area contributed by atoms with Gasteiger partial charge in [0.05, 0.1) is 27.9 Å². The Morgan fingerprint density at radius 1 is 1.07 bits per heavy atom. The smallest absolute Gasteiger partial charge is 0.244 e. The van der Waals surface area contributed by atoms with E-state index in [1.54, 1.807) is 39.5 Å². The summed E-state index contributed by atoms with van der Waals surface area (Å²) in [7, 11) is 4.65. The van der Waals surface area contributed by atoms with Crippen molar-refractivity contribution in [3.63, 3.8) is 0 Å². The Morgan fingerprint density at radius 2 is 1.81 bits per heavy atom. The molecule has 8 heteroatoms. The molecule has 8 nitrogen and oxygen atoms in total. The molecule has 2 aromatic heterocycles. The van der Waals surface area contributed by atoms with Crippen LogP contribution in [0.4, 0.5) is 0 Å². The van der Waals surface area contributed by atoms with Crippen molar-refractivity contribution >= 4 is 17.6 Å². The number of nitrogens with one attached hydrogen (secondary N) is 1. The van der Waals surface area contributed by atoms with Crippen LogP contribution in [0.1, 0.15) is 11.4 Å². The number of methoxy groups -OCH3 is 3. The van der Waals surface area contributed by atoms with Crippen LogP contribution in [0.2, 0.25) is 0 Å². The molecular formula is C19H20N4O4. The van der Waals surface area contributed by atoms with E-state index in [2.05, 4.69) is 15.5 Å². The van der Waals surface area contributed by atoms with Gasteiger partial charge < -0.3 is 19.5 Å². The fraction of sp³-hybridized carbons (Fsp3) is 0.211. The molecule has 3 rings (SSSR count). The summed E-state index contributed by atoms with van der Waals surface area (Å²) in [5.41, 5.74) is 1.42. The average molecular weight is 368 g/mol. The van der Waals surface area contributed by atoms with Crippen molar-refractivity contribution in [2.24, 2.45) is 0 Å². The molecule has 0 bridgehead atoms. The molecule has 0 radical (unpaired) electrons. The number of benzene rings is 1. The first-order chi connectivity index (χ1) is 13.2. The normalized spacial score (nSPS) is 10.9. The summed E-state index contributed by atoms with van der Waals surface area (Å²) in [5.74, 6) is 2.05. The van der Waals surface area contributed by atoms with Crippen LogP contribution >= 0.6 is 0 Å². The van der Waals surface area contributed by atoms with Gasteiger partial charge in [-0.25, -0.2) is 0 Å². The number of aromatic nitrogens is 3.